The van der Waals surface area contributed by atoms with Crippen LogP contribution in [-0.4, -0.2) is 125 Å². The van der Waals surface area contributed by atoms with Gasteiger partial charge in [0.25, 0.3) is 0 Å². The van der Waals surface area contributed by atoms with Crippen LogP contribution in [0.4, 0.5) is 11.5 Å². The smallest absolute Gasteiger partial charge is 0.228 e. The molecule has 3 aromatic heterocycles. The fourth-order valence-electron chi connectivity index (χ4n) is 8.99. The third-order valence-corrected chi connectivity index (χ3v) is 13.1. The van der Waals surface area contributed by atoms with Gasteiger partial charge in [-0.25, -0.2) is 4.98 Å². The number of carbonyl (C=O) groups is 3. The summed E-state index contributed by atoms with van der Waals surface area (Å²) in [5, 5.41) is 23.6. The first-order valence-corrected chi connectivity index (χ1v) is 21.7. The number of nitrogens with zero attached hydrogens (tertiary/aromatic N) is 7. The second-order valence-corrected chi connectivity index (χ2v) is 17.5. The summed E-state index contributed by atoms with van der Waals surface area (Å²) in [5.41, 5.74) is 6.23. The molecule has 1 atom stereocenters. The van der Waals surface area contributed by atoms with Crippen molar-refractivity contribution in [2.75, 3.05) is 76.7 Å². The molecule has 3 aliphatic heterocycles. The van der Waals surface area contributed by atoms with E-state index in [9.17, 15) is 14.4 Å². The highest BCUT2D eigenvalue weighted by atomic mass is 35.5. The molecular formula is C45H51Cl2N11O4. The average molecular weight is 881 g/mol. The number of amidine groups is 1. The highest BCUT2D eigenvalue weighted by Gasteiger charge is 2.53. The molecule has 4 N–H and O–H groups in total. The van der Waals surface area contributed by atoms with Crippen LogP contribution >= 0.6 is 23.2 Å². The summed E-state index contributed by atoms with van der Waals surface area (Å²) >= 11 is 12.7. The highest BCUT2D eigenvalue weighted by molar-refractivity contribution is 6.35. The highest BCUT2D eigenvalue weighted by Crippen LogP contribution is 2.42. The summed E-state index contributed by atoms with van der Waals surface area (Å²) in [6, 6.07) is 16.1. The molecule has 5 aromatic rings. The Balaban J connectivity index is 0.770. The zero-order valence-electron chi connectivity index (χ0n) is 35.1. The van der Waals surface area contributed by atoms with Gasteiger partial charge in [-0.2, -0.15) is 5.10 Å². The molecule has 0 aliphatic carbocycles. The number of nitrogens with one attached hydrogen (secondary N) is 4. The van der Waals surface area contributed by atoms with E-state index in [1.807, 2.05) is 61.5 Å². The molecule has 3 amide bonds. The molecule has 0 radical (unpaired) electrons. The van der Waals surface area contributed by atoms with Crippen LogP contribution in [0.1, 0.15) is 61.3 Å². The normalized spacial score (nSPS) is 16.7. The number of halogens is 2. The van der Waals surface area contributed by atoms with E-state index < -0.39 is 6.10 Å². The van der Waals surface area contributed by atoms with Crippen LogP contribution in [0.2, 0.25) is 10.0 Å². The minimum atomic E-state index is -0.391. The molecule has 324 valence electrons. The molecule has 6 heterocycles. The predicted molar refractivity (Wildman–Crippen MR) is 241 cm³/mol. The van der Waals surface area contributed by atoms with E-state index in [0.717, 1.165) is 97.9 Å². The second-order valence-electron chi connectivity index (χ2n) is 16.7. The van der Waals surface area contributed by atoms with Crippen molar-refractivity contribution in [3.63, 3.8) is 0 Å². The van der Waals surface area contributed by atoms with Crippen molar-refractivity contribution < 1.29 is 19.1 Å². The molecule has 0 unspecified atom stereocenters. The van der Waals surface area contributed by atoms with Gasteiger partial charge in [-0.1, -0.05) is 29.3 Å². The first kappa shape index (κ1) is 42.9. The quantitative estimate of drug-likeness (QED) is 0.0524. The number of hydrogen-bond acceptors (Lipinski definition) is 11. The number of H-pyrrole nitrogens is 1. The number of aromatic nitrogens is 4. The Labute approximate surface area is 370 Å². The second kappa shape index (κ2) is 18.3. The third kappa shape index (κ3) is 9.06. The maximum absolute atomic E-state index is 13.2. The monoisotopic (exact) mass is 879 g/mol. The third-order valence-electron chi connectivity index (χ3n) is 12.5. The van der Waals surface area contributed by atoms with Crippen LogP contribution in [0.15, 0.2) is 67.1 Å². The molecule has 17 heteroatoms. The van der Waals surface area contributed by atoms with Crippen molar-refractivity contribution in [3.8, 4) is 17.0 Å². The van der Waals surface area contributed by atoms with Crippen LogP contribution in [0.25, 0.3) is 22.2 Å². The number of rotatable bonds is 15. The number of benzene rings is 2. The van der Waals surface area contributed by atoms with Crippen LogP contribution in [0.5, 0.6) is 5.75 Å². The maximum Gasteiger partial charge on any atom is 0.228 e. The van der Waals surface area contributed by atoms with Crippen LogP contribution in [-0.2, 0) is 14.4 Å². The maximum atomic E-state index is 13.2. The molecule has 0 saturated carbocycles. The van der Waals surface area contributed by atoms with Gasteiger partial charge in [0.05, 0.1) is 15.6 Å². The first-order valence-electron chi connectivity index (χ1n) is 20.9. The van der Waals surface area contributed by atoms with E-state index in [-0.39, 0.29) is 23.7 Å². The van der Waals surface area contributed by atoms with Gasteiger partial charge in [0.1, 0.15) is 29.2 Å². The number of aromatic amines is 1. The lowest BCUT2D eigenvalue weighted by Crippen LogP contribution is -2.73. The van der Waals surface area contributed by atoms with Crippen molar-refractivity contribution in [2.24, 2.45) is 5.41 Å². The Morgan fingerprint density at radius 1 is 1.03 bits per heavy atom. The lowest BCUT2D eigenvalue weighted by Gasteiger charge is -2.60. The molecule has 62 heavy (non-hydrogen) atoms. The molecule has 2 aromatic carbocycles. The van der Waals surface area contributed by atoms with Crippen molar-refractivity contribution in [1.29, 1.82) is 5.41 Å². The number of pyridine rings is 2. The Morgan fingerprint density at radius 3 is 2.48 bits per heavy atom. The summed E-state index contributed by atoms with van der Waals surface area (Å²) < 4.78 is 6.24. The topological polar surface area (TPSA) is 176 Å². The van der Waals surface area contributed by atoms with Gasteiger partial charge >= 0.3 is 0 Å². The number of piperidine rings is 1. The van der Waals surface area contributed by atoms with Gasteiger partial charge in [0.15, 0.2) is 0 Å². The summed E-state index contributed by atoms with van der Waals surface area (Å²) in [7, 11) is 3.62. The Kier molecular flexibility index (Phi) is 12.7. The Bertz CT molecular complexity index is 2440. The van der Waals surface area contributed by atoms with Gasteiger partial charge in [-0.3, -0.25) is 35.2 Å². The number of imide groups is 1. The lowest BCUT2D eigenvalue weighted by atomic mass is 9.72. The predicted octanol–water partition coefficient (Wildman–Crippen LogP) is 6.35. The fraction of sp³-hybridized carbons (Fsp3) is 0.400. The first-order chi connectivity index (χ1) is 29.9. The van der Waals surface area contributed by atoms with Gasteiger partial charge in [-0.15, -0.1) is 0 Å². The molecule has 3 saturated heterocycles. The largest absolute Gasteiger partial charge is 0.486 e. The number of hydrogen-bond donors (Lipinski definition) is 4. The molecular weight excluding hydrogens is 829 g/mol. The van der Waals surface area contributed by atoms with E-state index in [0.29, 0.717) is 52.5 Å². The minimum absolute atomic E-state index is 0.122. The van der Waals surface area contributed by atoms with Crippen molar-refractivity contribution in [3.05, 3.63) is 93.9 Å². The van der Waals surface area contributed by atoms with Crippen molar-refractivity contribution in [2.45, 2.75) is 44.6 Å². The van der Waals surface area contributed by atoms with E-state index in [1.165, 1.54) is 5.56 Å². The number of ether oxygens (including phenoxy) is 1. The van der Waals surface area contributed by atoms with E-state index in [2.05, 4.69) is 47.7 Å². The molecule has 0 bridgehead atoms. The summed E-state index contributed by atoms with van der Waals surface area (Å²) in [5.74, 6) is 2.13. The van der Waals surface area contributed by atoms with Gasteiger partial charge in [-0.05, 0) is 86.8 Å². The van der Waals surface area contributed by atoms with E-state index in [4.69, 9.17) is 38.3 Å². The van der Waals surface area contributed by atoms with Gasteiger partial charge < -0.3 is 29.7 Å². The summed E-state index contributed by atoms with van der Waals surface area (Å²) in [4.78, 5) is 52.7. The van der Waals surface area contributed by atoms with E-state index >= 15 is 0 Å². The van der Waals surface area contributed by atoms with Crippen LogP contribution in [0, 0.1) is 10.8 Å². The van der Waals surface area contributed by atoms with Crippen LogP contribution < -0.4 is 20.3 Å². The Hall–Kier alpha value is -5.77. The average Bonchev–Trinajstić information content (AvgIpc) is 3.67. The number of likely N-dealkylation sites (tertiary alicyclic amines) is 2. The molecule has 3 fully saturated rings. The summed E-state index contributed by atoms with van der Waals surface area (Å²) in [6.45, 7) is 8.19. The van der Waals surface area contributed by atoms with Crippen molar-refractivity contribution in [1.82, 2.24) is 40.2 Å². The Morgan fingerprint density at radius 2 is 1.79 bits per heavy atom. The van der Waals surface area contributed by atoms with Gasteiger partial charge in [0, 0.05) is 118 Å². The number of amides is 3. The number of carbonyl (C=O) groups excluding carboxylic acids is 3. The van der Waals surface area contributed by atoms with Crippen molar-refractivity contribution >= 4 is 69.7 Å². The lowest BCUT2D eigenvalue weighted by molar-refractivity contribution is -0.145. The number of anilines is 2. The minimum Gasteiger partial charge on any atom is -0.486 e. The SMILES string of the molecule is CNc1cc(C2CCN(CCC(=O)N3CC4(C3)CN(c3ccc(-c5n[nH]c6ccc(O[C@H](C)c7c(Cl)cncc7Cl)cc56)cn3)C4)CC2)ccc1C(=N)N(C)CCC(=O)NC=O. The summed E-state index contributed by atoms with van der Waals surface area (Å²) in [6.07, 6.45) is 7.62. The van der Waals surface area contributed by atoms with Crippen LogP contribution in [0.3, 0.4) is 0 Å². The molecule has 15 nitrogen and oxygen atoms in total. The molecule has 3 aliphatic rings. The zero-order chi connectivity index (χ0) is 43.5. The zero-order valence-corrected chi connectivity index (χ0v) is 36.6. The van der Waals surface area contributed by atoms with E-state index in [1.54, 1.807) is 24.3 Å². The fourth-order valence-corrected chi connectivity index (χ4v) is 9.67. The standard InChI is InChI=1S/C45H51Cl2N11O4/c1-28(42-35(46)21-50-22-36(42)47)62-32-6-8-37-34(19-32)43(54-53-37)31-5-9-39(51-20-31)57-23-45(24-57)25-58(26-45)41(61)13-17-56-15-10-29(11-16-56)30-4-7-33(38(18-30)49-2)44(48)55(3)14-12-40(60)52-27-59/h4-9,18-22,27-29,48-49H,10-17,23-26H2,1-3H3,(H,53,54)(H,52,59,60)/t28-/m1/s1. The number of fused-ring (bicyclic) bond motifs is 1. The van der Waals surface area contributed by atoms with Gasteiger partial charge in [0.2, 0.25) is 18.2 Å². The molecule has 1 spiro atoms. The molecule has 8 rings (SSSR count).